The van der Waals surface area contributed by atoms with Crippen molar-refractivity contribution in [1.82, 2.24) is 24.5 Å². The Morgan fingerprint density at radius 3 is 2.77 bits per heavy atom. The number of halogens is 1. The van der Waals surface area contributed by atoms with Crippen LogP contribution in [0.4, 0.5) is 4.39 Å². The average Bonchev–Trinajstić information content (AvgIpc) is 3.01. The summed E-state index contributed by atoms with van der Waals surface area (Å²) in [6, 6.07) is 6.27. The van der Waals surface area contributed by atoms with Gasteiger partial charge in [-0.05, 0) is 37.8 Å². The Kier molecular flexibility index (Phi) is 5.22. The molecule has 0 fully saturated rings. The van der Waals surface area contributed by atoms with Gasteiger partial charge in [-0.25, -0.2) is 13.9 Å². The lowest BCUT2D eigenvalue weighted by molar-refractivity contribution is -0.129. The molecule has 0 saturated heterocycles. The van der Waals surface area contributed by atoms with E-state index in [2.05, 4.69) is 15.1 Å². The second-order valence-electron chi connectivity index (χ2n) is 6.13. The van der Waals surface area contributed by atoms with Crippen LogP contribution in [-0.4, -0.2) is 43.7 Å². The minimum absolute atomic E-state index is 0.0631. The molecular formula is C18H20FN5OS. The second-order valence-corrected chi connectivity index (χ2v) is 6.90. The Morgan fingerprint density at radius 1 is 1.31 bits per heavy atom. The lowest BCUT2D eigenvalue weighted by Crippen LogP contribution is -2.28. The van der Waals surface area contributed by atoms with Crippen LogP contribution < -0.4 is 0 Å². The van der Waals surface area contributed by atoms with E-state index in [0.29, 0.717) is 17.5 Å². The van der Waals surface area contributed by atoms with E-state index >= 15 is 0 Å². The molecular weight excluding hydrogens is 353 g/mol. The summed E-state index contributed by atoms with van der Waals surface area (Å²) < 4.78 is 15.0. The fourth-order valence-electron chi connectivity index (χ4n) is 2.82. The maximum absolute atomic E-state index is 13.3. The molecule has 6 nitrogen and oxygen atoms in total. The molecule has 0 unspecified atom stereocenters. The van der Waals surface area contributed by atoms with Gasteiger partial charge in [0.15, 0.2) is 0 Å². The fraction of sp³-hybridized carbons (Fsp3) is 0.333. The topological polar surface area (TPSA) is 63.4 Å². The number of rotatable bonds is 5. The Morgan fingerprint density at radius 2 is 2.08 bits per heavy atom. The van der Waals surface area contributed by atoms with Gasteiger partial charge in [0.05, 0.1) is 6.42 Å². The van der Waals surface area contributed by atoms with E-state index in [4.69, 9.17) is 0 Å². The number of thioether (sulfide) groups is 1. The third-order valence-electron chi connectivity index (χ3n) is 4.27. The van der Waals surface area contributed by atoms with E-state index in [0.717, 1.165) is 22.5 Å². The number of aryl methyl sites for hydroxylation is 2. The molecule has 3 aromatic rings. The molecule has 0 atom stereocenters. The van der Waals surface area contributed by atoms with Crippen molar-refractivity contribution in [2.24, 2.45) is 0 Å². The van der Waals surface area contributed by atoms with Crippen molar-refractivity contribution in [3.8, 4) is 0 Å². The first-order chi connectivity index (χ1) is 12.4. The van der Waals surface area contributed by atoms with Gasteiger partial charge in [-0.3, -0.25) is 4.79 Å². The van der Waals surface area contributed by atoms with Crippen LogP contribution in [0.2, 0.25) is 0 Å². The molecule has 0 aliphatic heterocycles. The Hall–Kier alpha value is -2.48. The van der Waals surface area contributed by atoms with Gasteiger partial charge in [-0.1, -0.05) is 23.9 Å². The van der Waals surface area contributed by atoms with E-state index in [-0.39, 0.29) is 18.1 Å². The summed E-state index contributed by atoms with van der Waals surface area (Å²) in [5, 5.41) is 5.05. The molecule has 8 heteroatoms. The maximum Gasteiger partial charge on any atom is 0.253 e. The highest BCUT2D eigenvalue weighted by Crippen LogP contribution is 2.18. The number of hydrogen-bond donors (Lipinski definition) is 0. The molecule has 2 heterocycles. The summed E-state index contributed by atoms with van der Waals surface area (Å²) in [4.78, 5) is 23.1. The number of hydrogen-bond acceptors (Lipinski definition) is 5. The number of carbonyl (C=O) groups excluding carboxylic acids is 1. The smallest absolute Gasteiger partial charge is 0.253 e. The molecule has 0 N–H and O–H groups in total. The molecule has 0 aliphatic carbocycles. The Balaban J connectivity index is 1.82. The van der Waals surface area contributed by atoms with E-state index in [1.54, 1.807) is 28.6 Å². The van der Waals surface area contributed by atoms with E-state index in [1.165, 1.54) is 23.9 Å². The van der Waals surface area contributed by atoms with Crippen LogP contribution in [-0.2, 0) is 17.8 Å². The van der Waals surface area contributed by atoms with Crippen LogP contribution >= 0.6 is 11.8 Å². The van der Waals surface area contributed by atoms with Crippen molar-refractivity contribution >= 4 is 23.4 Å². The molecule has 0 spiro atoms. The summed E-state index contributed by atoms with van der Waals surface area (Å²) in [6.45, 7) is 4.13. The number of amides is 1. The second kappa shape index (κ2) is 7.41. The molecule has 3 rings (SSSR count). The first kappa shape index (κ1) is 18.3. The summed E-state index contributed by atoms with van der Waals surface area (Å²) in [5.41, 5.74) is 3.21. The molecule has 26 heavy (non-hydrogen) atoms. The van der Waals surface area contributed by atoms with Crippen LogP contribution in [0.25, 0.3) is 5.78 Å². The Labute approximate surface area is 155 Å². The number of fused-ring (bicyclic) bond motifs is 1. The van der Waals surface area contributed by atoms with Crippen molar-refractivity contribution < 1.29 is 9.18 Å². The Bertz CT molecular complexity index is 972. The summed E-state index contributed by atoms with van der Waals surface area (Å²) in [7, 11) is 1.71. The molecule has 1 amide bonds. The van der Waals surface area contributed by atoms with Gasteiger partial charge in [0.25, 0.3) is 5.78 Å². The highest BCUT2D eigenvalue weighted by Gasteiger charge is 2.18. The zero-order valence-electron chi connectivity index (χ0n) is 15.2. The van der Waals surface area contributed by atoms with Gasteiger partial charge in [-0.15, -0.1) is 5.10 Å². The van der Waals surface area contributed by atoms with E-state index < -0.39 is 0 Å². The van der Waals surface area contributed by atoms with E-state index in [9.17, 15) is 9.18 Å². The minimum Gasteiger partial charge on any atom is -0.341 e. The van der Waals surface area contributed by atoms with Crippen LogP contribution in [0.1, 0.15) is 22.5 Å². The molecule has 136 valence electrons. The van der Waals surface area contributed by atoms with Crippen LogP contribution in [0, 0.1) is 19.7 Å². The fourth-order valence-corrected chi connectivity index (χ4v) is 3.15. The van der Waals surface area contributed by atoms with Gasteiger partial charge in [0.1, 0.15) is 5.82 Å². The number of carbonyl (C=O) groups is 1. The lowest BCUT2D eigenvalue weighted by atomic mass is 10.1. The van der Waals surface area contributed by atoms with Crippen molar-refractivity contribution in [3.05, 3.63) is 52.6 Å². The summed E-state index contributed by atoms with van der Waals surface area (Å²) in [6.07, 6.45) is 2.11. The molecule has 0 aliphatic rings. The first-order valence-electron chi connectivity index (χ1n) is 8.14. The highest BCUT2D eigenvalue weighted by molar-refractivity contribution is 7.98. The van der Waals surface area contributed by atoms with Gasteiger partial charge in [0, 0.05) is 30.5 Å². The van der Waals surface area contributed by atoms with Crippen LogP contribution in [0.5, 0.6) is 0 Å². The van der Waals surface area contributed by atoms with Crippen molar-refractivity contribution in [3.63, 3.8) is 0 Å². The summed E-state index contributed by atoms with van der Waals surface area (Å²) in [5.74, 6) is 0.168. The standard InChI is InChI=1S/C18H20FN5OS/c1-11-15(12(2)24-17(20-11)21-18(22-24)26-4)9-16(25)23(3)10-13-6-5-7-14(19)8-13/h5-8H,9-10H2,1-4H3. The average molecular weight is 373 g/mol. The van der Waals surface area contributed by atoms with Gasteiger partial charge in [-0.2, -0.15) is 4.98 Å². The zero-order valence-corrected chi connectivity index (χ0v) is 16.0. The largest absolute Gasteiger partial charge is 0.341 e. The van der Waals surface area contributed by atoms with Gasteiger partial charge < -0.3 is 4.90 Å². The van der Waals surface area contributed by atoms with E-state index in [1.807, 2.05) is 20.1 Å². The predicted octanol–water partition coefficient (Wildman–Crippen LogP) is 2.80. The van der Waals surface area contributed by atoms with Crippen LogP contribution in [0.15, 0.2) is 29.4 Å². The molecule has 0 radical (unpaired) electrons. The molecule has 2 aromatic heterocycles. The predicted molar refractivity (Wildman–Crippen MR) is 98.6 cm³/mol. The molecule has 0 bridgehead atoms. The van der Waals surface area contributed by atoms with Crippen molar-refractivity contribution in [2.45, 2.75) is 32.0 Å². The SMILES string of the molecule is CSc1nc2nc(C)c(CC(=O)N(C)Cc3cccc(F)c3)c(C)n2n1. The number of nitrogens with zero attached hydrogens (tertiary/aromatic N) is 5. The maximum atomic E-state index is 13.3. The number of aromatic nitrogens is 4. The number of likely N-dealkylation sites (N-methyl/N-ethyl adjacent to an activating group) is 1. The van der Waals surface area contributed by atoms with Crippen molar-refractivity contribution in [1.29, 1.82) is 0 Å². The van der Waals surface area contributed by atoms with Crippen molar-refractivity contribution in [2.75, 3.05) is 13.3 Å². The quantitative estimate of drug-likeness (QED) is 0.644. The van der Waals surface area contributed by atoms with Gasteiger partial charge >= 0.3 is 0 Å². The summed E-state index contributed by atoms with van der Waals surface area (Å²) >= 11 is 1.45. The van der Waals surface area contributed by atoms with Crippen LogP contribution in [0.3, 0.4) is 0 Å². The normalized spacial score (nSPS) is 11.1. The lowest BCUT2D eigenvalue weighted by Gasteiger charge is -2.19. The minimum atomic E-state index is -0.305. The number of benzene rings is 1. The monoisotopic (exact) mass is 373 g/mol. The first-order valence-corrected chi connectivity index (χ1v) is 9.36. The van der Waals surface area contributed by atoms with Gasteiger partial charge in [0.2, 0.25) is 11.1 Å². The highest BCUT2D eigenvalue weighted by atomic mass is 32.2. The third kappa shape index (κ3) is 3.70. The zero-order chi connectivity index (χ0) is 18.8. The molecule has 1 aromatic carbocycles. The molecule has 0 saturated carbocycles. The third-order valence-corrected chi connectivity index (χ3v) is 4.81.